The molecule has 7 heteroatoms. The number of benzene rings is 3. The number of nitrogens with zero attached hydrogens (tertiary/aromatic N) is 1. The van der Waals surface area contributed by atoms with E-state index in [0.29, 0.717) is 19.7 Å². The summed E-state index contributed by atoms with van der Waals surface area (Å²) in [6, 6.07) is 24.7. The number of fused-ring (bicyclic) bond motifs is 3. The van der Waals surface area contributed by atoms with Crippen LogP contribution in [0.15, 0.2) is 77.3 Å². The van der Waals surface area contributed by atoms with Gasteiger partial charge in [0.1, 0.15) is 13.2 Å². The zero-order valence-electron chi connectivity index (χ0n) is 21.8. The smallest absolute Gasteiger partial charge is 0.409 e. The summed E-state index contributed by atoms with van der Waals surface area (Å²) in [5.41, 5.74) is 5.27. The summed E-state index contributed by atoms with van der Waals surface area (Å²) in [4.78, 5) is 26.4. The lowest BCUT2D eigenvalue weighted by Crippen LogP contribution is -2.43. The van der Waals surface area contributed by atoms with Crippen molar-refractivity contribution in [2.24, 2.45) is 5.41 Å². The number of carbonyl (C=O) groups excluding carboxylic acids is 1. The Labute approximate surface area is 237 Å². The van der Waals surface area contributed by atoms with Crippen LogP contribution in [0.25, 0.3) is 11.1 Å². The molecule has 2 fully saturated rings. The van der Waals surface area contributed by atoms with E-state index in [1.54, 1.807) is 0 Å². The fourth-order valence-electron chi connectivity index (χ4n) is 6.93. The molecule has 39 heavy (non-hydrogen) atoms. The van der Waals surface area contributed by atoms with Crippen LogP contribution in [0.3, 0.4) is 0 Å². The minimum absolute atomic E-state index is 0.0195. The van der Waals surface area contributed by atoms with Crippen LogP contribution in [0, 0.1) is 5.41 Å². The quantitative estimate of drug-likeness (QED) is 0.336. The van der Waals surface area contributed by atoms with Crippen LogP contribution < -0.4 is 0 Å². The molecule has 1 heterocycles. The second kappa shape index (κ2) is 10.4. The van der Waals surface area contributed by atoms with Gasteiger partial charge in [-0.1, -0.05) is 76.6 Å². The van der Waals surface area contributed by atoms with E-state index in [4.69, 9.17) is 9.47 Å². The Balaban J connectivity index is 1.10. The third-order valence-electron chi connectivity index (χ3n) is 8.98. The Morgan fingerprint density at radius 3 is 2.10 bits per heavy atom. The Morgan fingerprint density at radius 2 is 1.49 bits per heavy atom. The first-order chi connectivity index (χ1) is 18.9. The van der Waals surface area contributed by atoms with Crippen LogP contribution in [-0.2, 0) is 19.9 Å². The third kappa shape index (κ3) is 4.98. The van der Waals surface area contributed by atoms with Crippen molar-refractivity contribution in [2.75, 3.05) is 26.3 Å². The van der Waals surface area contributed by atoms with Gasteiger partial charge in [0.25, 0.3) is 0 Å². The van der Waals surface area contributed by atoms with Crippen LogP contribution in [-0.4, -0.2) is 48.4 Å². The molecular formula is C32H32BrNO5. The van der Waals surface area contributed by atoms with Gasteiger partial charge < -0.3 is 19.5 Å². The topological polar surface area (TPSA) is 76.1 Å². The highest BCUT2D eigenvalue weighted by Gasteiger charge is 2.51. The molecular weight excluding hydrogens is 558 g/mol. The number of piperidine rings is 1. The van der Waals surface area contributed by atoms with Crippen LogP contribution in [0.2, 0.25) is 0 Å². The van der Waals surface area contributed by atoms with E-state index < -0.39 is 11.6 Å². The highest BCUT2D eigenvalue weighted by atomic mass is 79.9. The summed E-state index contributed by atoms with van der Waals surface area (Å²) in [6.07, 6.45) is 3.92. The van der Waals surface area contributed by atoms with Gasteiger partial charge in [-0.05, 0) is 77.5 Å². The number of halogens is 1. The van der Waals surface area contributed by atoms with Gasteiger partial charge in [0.2, 0.25) is 0 Å². The molecule has 1 saturated carbocycles. The fraction of sp³-hybridized carbons (Fsp3) is 0.375. The van der Waals surface area contributed by atoms with Crippen LogP contribution in [0.4, 0.5) is 4.79 Å². The Morgan fingerprint density at radius 1 is 0.872 bits per heavy atom. The van der Waals surface area contributed by atoms with E-state index in [1.807, 2.05) is 41.3 Å². The van der Waals surface area contributed by atoms with Crippen molar-refractivity contribution in [3.05, 3.63) is 94.0 Å². The molecule has 6 nitrogen and oxygen atoms in total. The molecule has 3 aliphatic rings. The standard InChI is InChI=1S/C32H32BrNO5/c33-23-11-9-22(10-12-23)32(39-20-29(35)36)14-13-31(21-32)15-17-34(18-16-31)30(37)38-19-28-26-7-3-1-5-24(26)25-6-2-4-8-27(25)28/h1-12,28H,13-21H2,(H,35,36). The number of hydrogen-bond acceptors (Lipinski definition) is 4. The van der Waals surface area contributed by atoms with Gasteiger partial charge in [0.15, 0.2) is 0 Å². The van der Waals surface area contributed by atoms with Gasteiger partial charge in [-0.15, -0.1) is 0 Å². The number of likely N-dealkylation sites (tertiary alicyclic amines) is 1. The normalized spacial score (nSPS) is 21.5. The van der Waals surface area contributed by atoms with E-state index >= 15 is 0 Å². The zero-order chi connectivity index (χ0) is 27.0. The van der Waals surface area contributed by atoms with Gasteiger partial charge >= 0.3 is 12.1 Å². The van der Waals surface area contributed by atoms with E-state index in [2.05, 4.69) is 52.3 Å². The predicted octanol–water partition coefficient (Wildman–Crippen LogP) is 6.96. The van der Waals surface area contributed by atoms with Crippen molar-refractivity contribution in [3.8, 4) is 11.1 Å². The van der Waals surface area contributed by atoms with Gasteiger partial charge in [-0.25, -0.2) is 9.59 Å². The Bertz CT molecular complexity index is 1340. The van der Waals surface area contributed by atoms with Gasteiger partial charge in [0.05, 0.1) is 5.60 Å². The van der Waals surface area contributed by atoms with E-state index in [1.165, 1.54) is 22.3 Å². The SMILES string of the molecule is O=C(O)COC1(c2ccc(Br)cc2)CCC2(CCN(C(=O)OCC3c4ccccc4-c4ccccc43)CC2)C1. The van der Waals surface area contributed by atoms with Crippen LogP contribution >= 0.6 is 15.9 Å². The van der Waals surface area contributed by atoms with Crippen molar-refractivity contribution >= 4 is 28.0 Å². The first kappa shape index (κ1) is 26.1. The zero-order valence-corrected chi connectivity index (χ0v) is 23.4. The maximum Gasteiger partial charge on any atom is 0.409 e. The molecule has 1 aliphatic heterocycles. The highest BCUT2D eigenvalue weighted by molar-refractivity contribution is 9.10. The van der Waals surface area contributed by atoms with Gasteiger partial charge in [0, 0.05) is 23.5 Å². The highest BCUT2D eigenvalue weighted by Crippen LogP contribution is 2.56. The monoisotopic (exact) mass is 589 g/mol. The molecule has 1 saturated heterocycles. The minimum Gasteiger partial charge on any atom is -0.480 e. The summed E-state index contributed by atoms with van der Waals surface area (Å²) < 4.78 is 13.0. The minimum atomic E-state index is -0.961. The second-order valence-electron chi connectivity index (χ2n) is 11.2. The average Bonchev–Trinajstić information content (AvgIpc) is 3.48. The number of carboxylic acid groups (broad SMARTS) is 1. The molecule has 3 aromatic rings. The number of rotatable bonds is 6. The molecule has 0 radical (unpaired) electrons. The first-order valence-corrected chi connectivity index (χ1v) is 14.4. The van der Waals surface area contributed by atoms with Crippen molar-refractivity contribution in [2.45, 2.75) is 43.6 Å². The molecule has 2 aliphatic carbocycles. The lowest BCUT2D eigenvalue weighted by Gasteiger charge is -2.40. The maximum absolute atomic E-state index is 13.1. The second-order valence-corrected chi connectivity index (χ2v) is 12.1. The predicted molar refractivity (Wildman–Crippen MR) is 152 cm³/mol. The number of ether oxygens (including phenoxy) is 2. The van der Waals surface area contributed by atoms with Crippen LogP contribution in [0.5, 0.6) is 0 Å². The lowest BCUT2D eigenvalue weighted by molar-refractivity contribution is -0.151. The molecule has 1 unspecified atom stereocenters. The Kier molecular flexibility index (Phi) is 6.98. The largest absolute Gasteiger partial charge is 0.480 e. The molecule has 6 rings (SSSR count). The maximum atomic E-state index is 13.1. The van der Waals surface area contributed by atoms with Crippen molar-refractivity contribution in [3.63, 3.8) is 0 Å². The number of hydrogen-bond donors (Lipinski definition) is 1. The molecule has 0 aromatic heterocycles. The number of amides is 1. The average molecular weight is 591 g/mol. The summed E-state index contributed by atoms with van der Waals surface area (Å²) in [5.74, 6) is -0.914. The number of carbonyl (C=O) groups is 2. The molecule has 3 aromatic carbocycles. The van der Waals surface area contributed by atoms with Gasteiger partial charge in [-0.3, -0.25) is 0 Å². The van der Waals surface area contributed by atoms with E-state index in [0.717, 1.165) is 42.1 Å². The van der Waals surface area contributed by atoms with E-state index in [-0.39, 0.29) is 24.0 Å². The first-order valence-electron chi connectivity index (χ1n) is 13.6. The molecule has 1 spiro atoms. The molecule has 1 amide bonds. The fourth-order valence-corrected chi connectivity index (χ4v) is 7.20. The molecule has 1 N–H and O–H groups in total. The number of aliphatic carboxylic acids is 1. The molecule has 1 atom stereocenters. The van der Waals surface area contributed by atoms with Crippen LogP contribution in [0.1, 0.15) is 54.7 Å². The number of carboxylic acids is 1. The summed E-state index contributed by atoms with van der Waals surface area (Å²) in [6.45, 7) is 1.26. The van der Waals surface area contributed by atoms with Crippen molar-refractivity contribution < 1.29 is 24.2 Å². The molecule has 202 valence electrons. The van der Waals surface area contributed by atoms with Crippen molar-refractivity contribution in [1.82, 2.24) is 4.90 Å². The lowest BCUT2D eigenvalue weighted by atomic mass is 9.75. The van der Waals surface area contributed by atoms with Crippen molar-refractivity contribution in [1.29, 1.82) is 0 Å². The third-order valence-corrected chi connectivity index (χ3v) is 9.51. The summed E-state index contributed by atoms with van der Waals surface area (Å²) in [7, 11) is 0. The summed E-state index contributed by atoms with van der Waals surface area (Å²) >= 11 is 3.49. The Hall–Kier alpha value is -3.16. The molecule has 0 bridgehead atoms. The summed E-state index contributed by atoms with van der Waals surface area (Å²) in [5, 5.41) is 9.32. The van der Waals surface area contributed by atoms with E-state index in [9.17, 15) is 14.7 Å². The van der Waals surface area contributed by atoms with Gasteiger partial charge in [-0.2, -0.15) is 0 Å².